The van der Waals surface area contributed by atoms with Crippen molar-refractivity contribution in [3.05, 3.63) is 29.8 Å². The van der Waals surface area contributed by atoms with Crippen LogP contribution in [0.15, 0.2) is 24.3 Å². The molecule has 0 radical (unpaired) electrons. The van der Waals surface area contributed by atoms with Crippen molar-refractivity contribution in [3.63, 3.8) is 0 Å². The normalized spacial score (nSPS) is 15.4. The first-order chi connectivity index (χ1) is 13.2. The van der Waals surface area contributed by atoms with Gasteiger partial charge in [-0.25, -0.2) is 4.79 Å². The molecule has 1 N–H and O–H groups in total. The minimum Gasteiger partial charge on any atom is -0.544 e. The number of aliphatic hydroxyl groups is 1. The van der Waals surface area contributed by atoms with Gasteiger partial charge in [0.25, 0.3) is 0 Å². The lowest BCUT2D eigenvalue weighted by atomic mass is 9.76. The third kappa shape index (κ3) is 5.82. The number of carbonyl (C=O) groups excluding carboxylic acids is 2. The van der Waals surface area contributed by atoms with Crippen molar-refractivity contribution >= 4 is 20.3 Å². The van der Waals surface area contributed by atoms with Crippen molar-refractivity contribution in [1.82, 2.24) is 0 Å². The highest BCUT2D eigenvalue weighted by atomic mass is 28.4. The van der Waals surface area contributed by atoms with Crippen molar-refractivity contribution in [3.8, 4) is 5.75 Å². The smallest absolute Gasteiger partial charge is 0.339 e. The number of esters is 2. The molecule has 0 aromatic heterocycles. The first kappa shape index (κ1) is 25.2. The van der Waals surface area contributed by atoms with Crippen LogP contribution in [0.4, 0.5) is 0 Å². The van der Waals surface area contributed by atoms with Crippen molar-refractivity contribution in [1.29, 1.82) is 0 Å². The maximum absolute atomic E-state index is 12.5. The van der Waals surface area contributed by atoms with E-state index in [2.05, 4.69) is 33.9 Å². The highest BCUT2D eigenvalue weighted by Gasteiger charge is 2.51. The van der Waals surface area contributed by atoms with Crippen molar-refractivity contribution in [2.45, 2.75) is 64.8 Å². The molecule has 164 valence electrons. The third-order valence-electron chi connectivity index (χ3n) is 5.75. The second-order valence-corrected chi connectivity index (χ2v) is 14.1. The van der Waals surface area contributed by atoms with Gasteiger partial charge in [0.15, 0.2) is 5.60 Å². The zero-order valence-electron chi connectivity index (χ0n) is 19.2. The van der Waals surface area contributed by atoms with Crippen LogP contribution in [0, 0.1) is 11.8 Å². The van der Waals surface area contributed by atoms with E-state index in [1.165, 1.54) is 14.2 Å². The number of hydrogen-bond acceptors (Lipinski definition) is 6. The summed E-state index contributed by atoms with van der Waals surface area (Å²) >= 11 is 0. The van der Waals surface area contributed by atoms with Gasteiger partial charge >= 0.3 is 11.9 Å². The average molecular weight is 425 g/mol. The molecule has 0 amide bonds. The highest BCUT2D eigenvalue weighted by molar-refractivity contribution is 6.74. The largest absolute Gasteiger partial charge is 0.544 e. The zero-order valence-corrected chi connectivity index (χ0v) is 20.2. The summed E-state index contributed by atoms with van der Waals surface area (Å²) in [5.74, 6) is -2.14. The van der Waals surface area contributed by atoms with Crippen LogP contribution in [0.1, 0.15) is 40.2 Å². The lowest BCUT2D eigenvalue weighted by molar-refractivity contribution is -0.181. The van der Waals surface area contributed by atoms with Gasteiger partial charge in [-0.05, 0) is 41.7 Å². The molecule has 29 heavy (non-hydrogen) atoms. The molecule has 2 atom stereocenters. The Hall–Kier alpha value is -1.86. The minimum absolute atomic E-state index is 0.0712. The van der Waals surface area contributed by atoms with Gasteiger partial charge in [0, 0.05) is 6.42 Å². The fourth-order valence-electron chi connectivity index (χ4n) is 3.07. The molecule has 0 aliphatic heterocycles. The van der Waals surface area contributed by atoms with Gasteiger partial charge in [-0.2, -0.15) is 0 Å². The number of methoxy groups -OCH3 is 2. The summed E-state index contributed by atoms with van der Waals surface area (Å²) < 4.78 is 15.9. The number of ether oxygens (including phenoxy) is 2. The van der Waals surface area contributed by atoms with Crippen LogP contribution in [0.5, 0.6) is 5.75 Å². The lowest BCUT2D eigenvalue weighted by Gasteiger charge is -2.36. The lowest BCUT2D eigenvalue weighted by Crippen LogP contribution is -2.54. The SMILES string of the molecule is COC(=O)C(C(C)C)C(O)(Cc1ccc(O[Si](C)(C)C(C)(C)C)cc1)C(=O)OC. The number of rotatable bonds is 8. The Morgan fingerprint density at radius 3 is 1.93 bits per heavy atom. The molecule has 0 aliphatic rings. The zero-order chi connectivity index (χ0) is 22.6. The monoisotopic (exact) mass is 424 g/mol. The topological polar surface area (TPSA) is 82.1 Å². The van der Waals surface area contributed by atoms with Crippen LogP contribution >= 0.6 is 0 Å². The summed E-state index contributed by atoms with van der Waals surface area (Å²) in [6.07, 6.45) is -0.0714. The molecule has 0 aliphatic carbocycles. The van der Waals surface area contributed by atoms with Gasteiger partial charge in [-0.15, -0.1) is 0 Å². The van der Waals surface area contributed by atoms with Crippen LogP contribution in [-0.2, 0) is 25.5 Å². The standard InChI is InChI=1S/C22H36O6Si/c1-15(2)18(19(23)26-6)22(25,20(24)27-7)14-16-10-12-17(13-11-16)28-29(8,9)21(3,4)5/h10-13,15,18,25H,14H2,1-9H3. The van der Waals surface area contributed by atoms with E-state index in [0.29, 0.717) is 5.56 Å². The van der Waals surface area contributed by atoms with E-state index in [-0.39, 0.29) is 17.4 Å². The second-order valence-electron chi connectivity index (χ2n) is 9.34. The van der Waals surface area contributed by atoms with E-state index >= 15 is 0 Å². The van der Waals surface area contributed by atoms with Gasteiger partial charge < -0.3 is 19.0 Å². The summed E-state index contributed by atoms with van der Waals surface area (Å²) in [6.45, 7) is 14.4. The Labute approximate surface area is 175 Å². The molecule has 1 rings (SSSR count). The Kier molecular flexibility index (Phi) is 8.07. The summed E-state index contributed by atoms with van der Waals surface area (Å²) in [5.41, 5.74) is -1.34. The number of benzene rings is 1. The summed E-state index contributed by atoms with van der Waals surface area (Å²) in [5, 5.41) is 11.3. The predicted octanol–water partition coefficient (Wildman–Crippen LogP) is 3.96. The quantitative estimate of drug-likeness (QED) is 0.502. The van der Waals surface area contributed by atoms with Crippen LogP contribution in [0.25, 0.3) is 0 Å². The molecule has 0 heterocycles. The molecule has 0 saturated carbocycles. The third-order valence-corrected chi connectivity index (χ3v) is 10.1. The van der Waals surface area contributed by atoms with E-state index in [4.69, 9.17) is 13.9 Å². The summed E-state index contributed by atoms with van der Waals surface area (Å²) in [4.78, 5) is 24.8. The van der Waals surface area contributed by atoms with Crippen LogP contribution in [0.3, 0.4) is 0 Å². The predicted molar refractivity (Wildman–Crippen MR) is 115 cm³/mol. The van der Waals surface area contributed by atoms with E-state index in [9.17, 15) is 14.7 Å². The first-order valence-corrected chi connectivity index (χ1v) is 12.8. The van der Waals surface area contributed by atoms with Crippen LogP contribution in [0.2, 0.25) is 18.1 Å². The Morgan fingerprint density at radius 2 is 1.55 bits per heavy atom. The molecule has 1 aromatic rings. The molecule has 0 fully saturated rings. The molecule has 0 bridgehead atoms. The molecule has 7 heteroatoms. The van der Waals surface area contributed by atoms with Crippen molar-refractivity contribution in [2.75, 3.05) is 14.2 Å². The molecular weight excluding hydrogens is 388 g/mol. The molecule has 0 spiro atoms. The number of hydrogen-bond donors (Lipinski definition) is 1. The second kappa shape index (κ2) is 9.30. The number of carbonyl (C=O) groups is 2. The van der Waals surface area contributed by atoms with E-state index in [1.807, 2.05) is 12.1 Å². The molecule has 0 saturated heterocycles. The van der Waals surface area contributed by atoms with Crippen molar-refractivity contribution < 1.29 is 28.6 Å². The van der Waals surface area contributed by atoms with Gasteiger partial charge in [0.1, 0.15) is 5.75 Å². The van der Waals surface area contributed by atoms with E-state index in [1.54, 1.807) is 26.0 Å². The van der Waals surface area contributed by atoms with Gasteiger partial charge in [-0.3, -0.25) is 4.79 Å². The van der Waals surface area contributed by atoms with E-state index < -0.39 is 31.8 Å². The summed E-state index contributed by atoms with van der Waals surface area (Å²) in [7, 11) is 0.460. The fourth-order valence-corrected chi connectivity index (χ4v) is 4.10. The summed E-state index contributed by atoms with van der Waals surface area (Å²) in [6, 6.07) is 7.25. The Balaban J connectivity index is 3.19. The molecule has 6 nitrogen and oxygen atoms in total. The minimum atomic E-state index is -2.03. The Bertz CT molecular complexity index is 705. The van der Waals surface area contributed by atoms with Crippen LogP contribution < -0.4 is 4.43 Å². The van der Waals surface area contributed by atoms with Gasteiger partial charge in [0.2, 0.25) is 8.32 Å². The van der Waals surface area contributed by atoms with Crippen molar-refractivity contribution in [2.24, 2.45) is 11.8 Å². The van der Waals surface area contributed by atoms with Gasteiger partial charge in [0.05, 0.1) is 20.1 Å². The maximum atomic E-state index is 12.5. The molecular formula is C22H36O6Si. The van der Waals surface area contributed by atoms with Crippen LogP contribution in [-0.4, -0.2) is 45.2 Å². The van der Waals surface area contributed by atoms with E-state index in [0.717, 1.165) is 5.75 Å². The molecule has 1 aromatic carbocycles. The highest BCUT2D eigenvalue weighted by Crippen LogP contribution is 2.37. The van der Waals surface area contributed by atoms with Gasteiger partial charge in [-0.1, -0.05) is 46.8 Å². The maximum Gasteiger partial charge on any atom is 0.339 e. The fraction of sp³-hybridized carbons (Fsp3) is 0.636. The average Bonchev–Trinajstić information content (AvgIpc) is 2.60. The Morgan fingerprint density at radius 1 is 1.03 bits per heavy atom. The first-order valence-electron chi connectivity index (χ1n) is 9.86. The molecule has 2 unspecified atom stereocenters.